The number of likely N-dealkylation sites (N-methyl/N-ethyl adjacent to an activating group) is 1. The average molecular weight is 656 g/mol. The molecule has 10 nitrogen and oxygen atoms in total. The van der Waals surface area contributed by atoms with E-state index in [9.17, 15) is 28.0 Å². The van der Waals surface area contributed by atoms with Crippen LogP contribution in [-0.4, -0.2) is 91.2 Å². The van der Waals surface area contributed by atoms with Gasteiger partial charge in [-0.1, -0.05) is 24.3 Å². The molecule has 4 heterocycles. The van der Waals surface area contributed by atoms with Crippen LogP contribution < -0.4 is 10.2 Å². The van der Waals surface area contributed by atoms with Crippen LogP contribution in [0, 0.1) is 0 Å². The molecular formula is C36H35F2N5O5. The number of anilines is 2. The molecule has 3 amide bonds. The molecule has 7 rings (SSSR count). The second-order valence-corrected chi connectivity index (χ2v) is 12.7. The molecule has 0 radical (unpaired) electrons. The Kier molecular flexibility index (Phi) is 8.28. The van der Waals surface area contributed by atoms with Gasteiger partial charge in [0.2, 0.25) is 12.3 Å². The Morgan fingerprint density at radius 3 is 2.54 bits per heavy atom. The highest BCUT2D eigenvalue weighted by Crippen LogP contribution is 2.53. The molecule has 1 N–H and O–H groups in total. The first-order valence-corrected chi connectivity index (χ1v) is 16.1. The quantitative estimate of drug-likeness (QED) is 0.355. The van der Waals surface area contributed by atoms with E-state index in [1.807, 2.05) is 0 Å². The zero-order valence-electron chi connectivity index (χ0n) is 26.5. The van der Waals surface area contributed by atoms with Crippen LogP contribution in [0.15, 0.2) is 60.9 Å². The molecule has 4 aliphatic rings. The molecule has 48 heavy (non-hydrogen) atoms. The zero-order chi connectivity index (χ0) is 33.6. The van der Waals surface area contributed by atoms with E-state index < -0.39 is 17.9 Å². The maximum atomic E-state index is 13.7. The van der Waals surface area contributed by atoms with Gasteiger partial charge in [0.25, 0.3) is 11.8 Å². The van der Waals surface area contributed by atoms with Crippen LogP contribution in [0.25, 0.3) is 5.57 Å². The number of fused-ring (bicyclic) bond motifs is 1. The van der Waals surface area contributed by atoms with Gasteiger partial charge in [-0.25, -0.2) is 13.8 Å². The van der Waals surface area contributed by atoms with Crippen LogP contribution in [0.2, 0.25) is 0 Å². The standard InChI is InChI=1S/C36H35F2N5O5/c1-41-20-24(18-29(34(41)47)40-31-8-5-23(19-39-31)32(45)42-13-15-48-16-14-42)26-3-2-4-30(28(26)21-44)43-12-9-22-17-25(6-7-27(22)33(43)46)36(10-11-36)35(37)38/h2-8,17,19-21,29,35H,9-16,18H2,1H3,(H,39,40). The van der Waals surface area contributed by atoms with Gasteiger partial charge in [-0.3, -0.25) is 19.2 Å². The van der Waals surface area contributed by atoms with Gasteiger partial charge < -0.3 is 24.8 Å². The summed E-state index contributed by atoms with van der Waals surface area (Å²) in [5, 5.41) is 3.18. The van der Waals surface area contributed by atoms with Gasteiger partial charge in [-0.05, 0) is 65.8 Å². The molecule has 1 aliphatic carbocycles. The Morgan fingerprint density at radius 2 is 1.85 bits per heavy atom. The number of aldehydes is 1. The third-order valence-electron chi connectivity index (χ3n) is 9.85. The van der Waals surface area contributed by atoms with Crippen molar-refractivity contribution in [2.45, 2.75) is 43.6 Å². The van der Waals surface area contributed by atoms with Gasteiger partial charge in [0, 0.05) is 56.6 Å². The summed E-state index contributed by atoms with van der Waals surface area (Å²) in [7, 11) is 1.64. The molecule has 3 aromatic rings. The Balaban J connectivity index is 1.10. The first-order chi connectivity index (χ1) is 23.2. The highest BCUT2D eigenvalue weighted by molar-refractivity contribution is 6.11. The van der Waals surface area contributed by atoms with Crippen LogP contribution in [-0.2, 0) is 21.4 Å². The van der Waals surface area contributed by atoms with Crippen molar-refractivity contribution >= 4 is 41.1 Å². The molecule has 1 unspecified atom stereocenters. The Morgan fingerprint density at radius 1 is 1.06 bits per heavy atom. The van der Waals surface area contributed by atoms with Gasteiger partial charge in [-0.15, -0.1) is 0 Å². The van der Waals surface area contributed by atoms with Gasteiger partial charge in [0.1, 0.15) is 11.9 Å². The van der Waals surface area contributed by atoms with Crippen molar-refractivity contribution in [3.63, 3.8) is 0 Å². The summed E-state index contributed by atoms with van der Waals surface area (Å²) in [4.78, 5) is 61.5. The molecule has 1 saturated carbocycles. The Bertz CT molecular complexity index is 1820. The van der Waals surface area contributed by atoms with Crippen LogP contribution in [0.5, 0.6) is 0 Å². The number of nitrogens with zero attached hydrogens (tertiary/aromatic N) is 4. The van der Waals surface area contributed by atoms with Crippen LogP contribution in [0.3, 0.4) is 0 Å². The molecule has 12 heteroatoms. The summed E-state index contributed by atoms with van der Waals surface area (Å²) in [6.07, 6.45) is 3.03. The highest BCUT2D eigenvalue weighted by Gasteiger charge is 2.52. The van der Waals surface area contributed by atoms with Gasteiger partial charge in [0.05, 0.1) is 29.9 Å². The van der Waals surface area contributed by atoms with Gasteiger partial charge >= 0.3 is 0 Å². The zero-order valence-corrected chi connectivity index (χ0v) is 26.5. The SMILES string of the molecule is CN1C=C(c2cccc(N3CCc4cc(C5(C(F)F)CC5)ccc4C3=O)c2C=O)CC(Nc2ccc(C(=O)N3CCOCC3)cn2)C1=O. The monoisotopic (exact) mass is 655 g/mol. The molecule has 0 spiro atoms. The third-order valence-corrected chi connectivity index (χ3v) is 9.85. The first-order valence-electron chi connectivity index (χ1n) is 16.1. The number of hydrogen-bond acceptors (Lipinski definition) is 7. The Labute approximate surface area is 276 Å². The summed E-state index contributed by atoms with van der Waals surface area (Å²) < 4.78 is 32.8. The van der Waals surface area contributed by atoms with E-state index in [0.717, 1.165) is 11.8 Å². The van der Waals surface area contributed by atoms with E-state index in [4.69, 9.17) is 4.74 Å². The van der Waals surface area contributed by atoms with E-state index in [2.05, 4.69) is 10.3 Å². The largest absolute Gasteiger partial charge is 0.378 e. The number of alkyl halides is 2. The number of nitrogens with one attached hydrogen (secondary N) is 1. The number of pyridine rings is 1. The topological polar surface area (TPSA) is 112 Å². The van der Waals surface area contributed by atoms with E-state index in [1.165, 1.54) is 11.1 Å². The minimum absolute atomic E-state index is 0.129. The van der Waals surface area contributed by atoms with E-state index in [-0.39, 0.29) is 24.1 Å². The number of ether oxygens (including phenoxy) is 1. The molecule has 1 atom stereocenters. The summed E-state index contributed by atoms with van der Waals surface area (Å²) in [6.45, 7) is 2.32. The lowest BCUT2D eigenvalue weighted by Gasteiger charge is -2.32. The van der Waals surface area contributed by atoms with Crippen molar-refractivity contribution in [3.8, 4) is 0 Å². The van der Waals surface area contributed by atoms with Crippen molar-refractivity contribution in [1.29, 1.82) is 0 Å². The summed E-state index contributed by atoms with van der Waals surface area (Å²) >= 11 is 0. The Hall–Kier alpha value is -4.97. The number of carbonyl (C=O) groups is 4. The fourth-order valence-electron chi connectivity index (χ4n) is 6.92. The van der Waals surface area contributed by atoms with Crippen LogP contribution in [0.4, 0.5) is 20.3 Å². The van der Waals surface area contributed by atoms with Crippen molar-refractivity contribution in [3.05, 3.63) is 94.3 Å². The molecule has 2 aromatic carbocycles. The number of aromatic nitrogens is 1. The van der Waals surface area contributed by atoms with E-state index in [1.54, 1.807) is 71.6 Å². The number of amides is 3. The molecule has 0 bridgehead atoms. The summed E-state index contributed by atoms with van der Waals surface area (Å²) in [5.41, 5.74) is 3.16. The van der Waals surface area contributed by atoms with Crippen molar-refractivity contribution < 1.29 is 32.7 Å². The van der Waals surface area contributed by atoms with Crippen molar-refractivity contribution in [2.75, 3.05) is 50.1 Å². The van der Waals surface area contributed by atoms with Crippen molar-refractivity contribution in [1.82, 2.24) is 14.8 Å². The molecule has 1 aromatic heterocycles. The molecule has 2 fully saturated rings. The minimum atomic E-state index is -2.45. The number of carbonyl (C=O) groups excluding carboxylic acids is 4. The maximum Gasteiger partial charge on any atom is 0.258 e. The number of benzene rings is 2. The van der Waals surface area contributed by atoms with Crippen LogP contribution >= 0.6 is 0 Å². The lowest BCUT2D eigenvalue weighted by atomic mass is 9.88. The predicted molar refractivity (Wildman–Crippen MR) is 174 cm³/mol. The van der Waals surface area contributed by atoms with E-state index in [0.29, 0.717) is 97.0 Å². The lowest BCUT2D eigenvalue weighted by Crippen LogP contribution is -2.42. The third kappa shape index (κ3) is 5.63. The lowest BCUT2D eigenvalue weighted by molar-refractivity contribution is -0.128. The fraction of sp³-hybridized carbons (Fsp3) is 0.361. The summed E-state index contributed by atoms with van der Waals surface area (Å²) in [6, 6.07) is 12.9. The average Bonchev–Trinajstić information content (AvgIpc) is 3.93. The van der Waals surface area contributed by atoms with Crippen LogP contribution in [0.1, 0.15) is 67.0 Å². The van der Waals surface area contributed by atoms with Gasteiger partial charge in [0.15, 0.2) is 6.29 Å². The molecular weight excluding hydrogens is 620 g/mol. The molecule has 3 aliphatic heterocycles. The molecule has 248 valence electrons. The first kappa shape index (κ1) is 31.6. The van der Waals surface area contributed by atoms with Crippen molar-refractivity contribution in [2.24, 2.45) is 0 Å². The molecule has 1 saturated heterocycles. The highest BCUT2D eigenvalue weighted by atomic mass is 19.3. The van der Waals surface area contributed by atoms with Gasteiger partial charge in [-0.2, -0.15) is 0 Å². The van der Waals surface area contributed by atoms with E-state index >= 15 is 0 Å². The second kappa shape index (κ2) is 12.6. The smallest absolute Gasteiger partial charge is 0.258 e. The normalized spacial score (nSPS) is 20.4. The predicted octanol–water partition coefficient (Wildman–Crippen LogP) is 4.55. The number of hydrogen-bond donors (Lipinski definition) is 1. The number of morpholine rings is 1. The number of rotatable bonds is 8. The maximum absolute atomic E-state index is 13.7. The second-order valence-electron chi connectivity index (χ2n) is 12.7. The minimum Gasteiger partial charge on any atom is -0.378 e. The number of halogens is 2. The fourth-order valence-corrected chi connectivity index (χ4v) is 6.92. The summed E-state index contributed by atoms with van der Waals surface area (Å²) in [5.74, 6) is -0.195.